The van der Waals surface area contributed by atoms with Crippen molar-refractivity contribution >= 4 is 23.6 Å². The van der Waals surface area contributed by atoms with Crippen molar-refractivity contribution in [2.24, 2.45) is 11.7 Å². The van der Waals surface area contributed by atoms with E-state index in [1.165, 1.54) is 17.0 Å². The maximum absolute atomic E-state index is 13.5. The van der Waals surface area contributed by atoms with Gasteiger partial charge in [-0.3, -0.25) is 19.2 Å². The molecule has 1 fully saturated rings. The Kier molecular flexibility index (Phi) is 10.7. The maximum atomic E-state index is 13.5. The molecule has 0 unspecified atom stereocenters. The lowest BCUT2D eigenvalue weighted by Gasteiger charge is -2.30. The Labute approximate surface area is 214 Å². The first kappa shape index (κ1) is 28.9. The van der Waals surface area contributed by atoms with Crippen molar-refractivity contribution in [3.05, 3.63) is 46.9 Å². The summed E-state index contributed by atoms with van der Waals surface area (Å²) in [6.45, 7) is 3.68. The summed E-state index contributed by atoms with van der Waals surface area (Å²) in [6, 6.07) is 3.34. The van der Waals surface area contributed by atoms with E-state index in [0.717, 1.165) is 6.20 Å². The van der Waals surface area contributed by atoms with Crippen LogP contribution in [0.5, 0.6) is 5.75 Å². The molecule has 1 aliphatic heterocycles. The van der Waals surface area contributed by atoms with Gasteiger partial charge in [0.05, 0.1) is 6.54 Å². The van der Waals surface area contributed by atoms with Gasteiger partial charge in [-0.25, -0.2) is 0 Å². The van der Waals surface area contributed by atoms with Crippen molar-refractivity contribution in [1.82, 2.24) is 20.9 Å². The van der Waals surface area contributed by atoms with Gasteiger partial charge in [-0.1, -0.05) is 26.0 Å². The molecular formula is C24H34N7O6+. The molecule has 1 aromatic rings. The highest BCUT2D eigenvalue weighted by atomic mass is 16.3. The third kappa shape index (κ3) is 8.99. The molecule has 200 valence electrons. The highest BCUT2D eigenvalue weighted by molar-refractivity contribution is 5.94. The van der Waals surface area contributed by atoms with E-state index in [9.17, 15) is 29.4 Å². The van der Waals surface area contributed by atoms with E-state index in [-0.39, 0.29) is 31.2 Å². The number of primary amides is 1. The fraction of sp³-hybridized carbons (Fsp3) is 0.500. The quantitative estimate of drug-likeness (QED) is 0.167. The SMILES string of the molecule is CC(C)C[C@H](NC(=O)[C@@H]1CCCN1C(=O)[C@H](Cc1ccc(O)cc1)N/C(O)=C\[N+]#N)C(=O)NCC(N)=O. The van der Waals surface area contributed by atoms with Crippen LogP contribution in [0.1, 0.15) is 38.7 Å². The second-order valence-electron chi connectivity index (χ2n) is 9.26. The molecular weight excluding hydrogens is 482 g/mol. The number of phenolic OH excluding ortho intramolecular Hbond substituents is 1. The normalized spacial score (nSPS) is 17.0. The Morgan fingerprint density at radius 3 is 2.46 bits per heavy atom. The Morgan fingerprint density at radius 1 is 1.19 bits per heavy atom. The number of carbonyl (C=O) groups is 4. The fourth-order valence-corrected chi connectivity index (χ4v) is 4.11. The standard InChI is InChI=1S/C24H33N7O6/c1-14(2)10-17(22(35)27-12-20(25)33)30-23(36)19-4-3-9-31(19)24(37)18(29-21(34)13-28-26)11-15-5-7-16(32)8-6-15/h5-8,13-14,17-19,29H,3-4,9-12H2,1-2H3,(H5-,25,27,30,32,33,34,35,36)/p+1/b21-13+/t17-,18-,19-/m0/s1. The minimum Gasteiger partial charge on any atom is -0.508 e. The van der Waals surface area contributed by atoms with E-state index in [1.807, 2.05) is 13.8 Å². The number of amides is 4. The average molecular weight is 517 g/mol. The molecule has 4 amide bonds. The number of benzene rings is 1. The summed E-state index contributed by atoms with van der Waals surface area (Å²) >= 11 is 0. The number of nitrogens with two attached hydrogens (primary N) is 1. The zero-order chi connectivity index (χ0) is 27.5. The highest BCUT2D eigenvalue weighted by Crippen LogP contribution is 2.21. The van der Waals surface area contributed by atoms with Gasteiger partial charge in [-0.2, -0.15) is 0 Å². The summed E-state index contributed by atoms with van der Waals surface area (Å²) in [5.74, 6) is -2.71. The summed E-state index contributed by atoms with van der Waals surface area (Å²) in [5, 5.41) is 35.9. The van der Waals surface area contributed by atoms with E-state index in [2.05, 4.69) is 20.9 Å². The van der Waals surface area contributed by atoms with Crippen LogP contribution in [-0.2, 0) is 25.6 Å². The van der Waals surface area contributed by atoms with Crippen molar-refractivity contribution in [2.45, 2.75) is 57.7 Å². The van der Waals surface area contributed by atoms with E-state index in [1.54, 1.807) is 12.1 Å². The van der Waals surface area contributed by atoms with Crippen LogP contribution in [0.3, 0.4) is 0 Å². The topological polar surface area (TPSA) is 202 Å². The van der Waals surface area contributed by atoms with Gasteiger partial charge in [0.2, 0.25) is 29.0 Å². The van der Waals surface area contributed by atoms with Crippen LogP contribution in [0, 0.1) is 11.3 Å². The molecule has 2 rings (SSSR count). The third-order valence-corrected chi connectivity index (χ3v) is 5.79. The molecule has 3 atom stereocenters. The summed E-state index contributed by atoms with van der Waals surface area (Å²) in [7, 11) is 0. The van der Waals surface area contributed by atoms with Crippen molar-refractivity contribution in [3.63, 3.8) is 0 Å². The Balaban J connectivity index is 2.21. The van der Waals surface area contributed by atoms with E-state index >= 15 is 0 Å². The largest absolute Gasteiger partial charge is 0.508 e. The number of aromatic hydroxyl groups is 1. The molecule has 0 radical (unpaired) electrons. The van der Waals surface area contributed by atoms with Gasteiger partial charge < -0.3 is 36.8 Å². The van der Waals surface area contributed by atoms with Crippen LogP contribution in [0.2, 0.25) is 0 Å². The third-order valence-electron chi connectivity index (χ3n) is 5.79. The predicted octanol–water partition coefficient (Wildman–Crippen LogP) is 0.226. The molecule has 0 aliphatic carbocycles. The van der Waals surface area contributed by atoms with Crippen LogP contribution in [-0.4, -0.2) is 70.0 Å². The van der Waals surface area contributed by atoms with Crippen molar-refractivity contribution in [1.29, 1.82) is 5.39 Å². The molecule has 7 N–H and O–H groups in total. The fourth-order valence-electron chi connectivity index (χ4n) is 4.11. The number of aliphatic hydroxyl groups is 1. The molecule has 0 saturated carbocycles. The van der Waals surface area contributed by atoms with Crippen molar-refractivity contribution in [3.8, 4) is 5.75 Å². The van der Waals surface area contributed by atoms with Gasteiger partial charge in [0.1, 0.15) is 23.9 Å². The number of diazo groups is 1. The minimum absolute atomic E-state index is 0.0495. The summed E-state index contributed by atoms with van der Waals surface area (Å²) in [6.07, 6.45) is 2.05. The van der Waals surface area contributed by atoms with Crippen LogP contribution >= 0.6 is 0 Å². The second-order valence-corrected chi connectivity index (χ2v) is 9.26. The molecule has 0 aromatic heterocycles. The minimum atomic E-state index is -1.03. The number of nitrogens with one attached hydrogen (secondary N) is 3. The molecule has 1 saturated heterocycles. The van der Waals surface area contributed by atoms with Crippen LogP contribution in [0.4, 0.5) is 0 Å². The number of carbonyl (C=O) groups excluding carboxylic acids is 4. The van der Waals surface area contributed by atoms with Crippen molar-refractivity contribution in [2.75, 3.05) is 13.1 Å². The summed E-state index contributed by atoms with van der Waals surface area (Å²) < 4.78 is 0. The number of nitrogens with zero attached hydrogens (tertiary/aromatic N) is 3. The first-order valence-electron chi connectivity index (χ1n) is 12.0. The van der Waals surface area contributed by atoms with E-state index in [4.69, 9.17) is 11.1 Å². The predicted molar refractivity (Wildman–Crippen MR) is 133 cm³/mol. The molecule has 0 bridgehead atoms. The Bertz CT molecular complexity index is 1050. The van der Waals surface area contributed by atoms with E-state index in [0.29, 0.717) is 24.8 Å². The van der Waals surface area contributed by atoms with Gasteiger partial charge in [0.25, 0.3) is 5.88 Å². The molecule has 0 spiro atoms. The lowest BCUT2D eigenvalue weighted by atomic mass is 10.0. The van der Waals surface area contributed by atoms with E-state index < -0.39 is 47.6 Å². The number of rotatable bonds is 12. The number of hydrogen-bond acceptors (Lipinski definition) is 8. The number of aliphatic hydroxyl groups excluding tert-OH is 1. The zero-order valence-electron chi connectivity index (χ0n) is 20.9. The lowest BCUT2D eigenvalue weighted by molar-refractivity contribution is -0.141. The van der Waals surface area contributed by atoms with Gasteiger partial charge >= 0.3 is 6.20 Å². The van der Waals surface area contributed by atoms with Crippen LogP contribution < -0.4 is 21.7 Å². The first-order valence-corrected chi connectivity index (χ1v) is 12.0. The number of likely N-dealkylation sites (tertiary alicyclic amines) is 1. The first-order chi connectivity index (χ1) is 17.5. The zero-order valence-corrected chi connectivity index (χ0v) is 20.9. The Morgan fingerprint density at radius 2 is 1.86 bits per heavy atom. The number of phenols is 1. The smallest absolute Gasteiger partial charge is 0.409 e. The van der Waals surface area contributed by atoms with Gasteiger partial charge in [-0.05, 0) is 42.9 Å². The highest BCUT2D eigenvalue weighted by Gasteiger charge is 2.39. The molecule has 37 heavy (non-hydrogen) atoms. The summed E-state index contributed by atoms with van der Waals surface area (Å²) in [5.41, 5.74) is 5.76. The van der Waals surface area contributed by atoms with Gasteiger partial charge in [-0.15, -0.1) is 0 Å². The summed E-state index contributed by atoms with van der Waals surface area (Å²) in [4.78, 5) is 54.4. The molecule has 13 nitrogen and oxygen atoms in total. The lowest BCUT2D eigenvalue weighted by Crippen LogP contribution is -2.56. The average Bonchev–Trinajstić information content (AvgIpc) is 3.32. The monoisotopic (exact) mass is 516 g/mol. The molecule has 1 aliphatic rings. The number of hydrogen-bond donors (Lipinski definition) is 6. The van der Waals surface area contributed by atoms with Gasteiger partial charge in [0.15, 0.2) is 4.98 Å². The van der Waals surface area contributed by atoms with Crippen LogP contribution in [0.15, 0.2) is 36.3 Å². The molecule has 1 aromatic carbocycles. The molecule has 13 heteroatoms. The maximum Gasteiger partial charge on any atom is 0.409 e. The molecule has 1 heterocycles. The van der Waals surface area contributed by atoms with Crippen LogP contribution in [0.25, 0.3) is 4.98 Å². The Hall–Kier alpha value is -4.34. The van der Waals surface area contributed by atoms with Crippen molar-refractivity contribution < 1.29 is 29.4 Å². The second kappa shape index (κ2) is 13.7. The van der Waals surface area contributed by atoms with Gasteiger partial charge in [0, 0.05) is 13.0 Å².